The maximum absolute atomic E-state index is 13.2. The summed E-state index contributed by atoms with van der Waals surface area (Å²) in [7, 11) is 0. The van der Waals surface area contributed by atoms with Crippen molar-refractivity contribution >= 4 is 28.8 Å². The fraction of sp³-hybridized carbons (Fsp3) is 0.105. The minimum Gasteiger partial charge on any atom is -0.484 e. The third kappa shape index (κ3) is 4.59. The molecule has 1 atom stereocenters. The molecule has 0 spiro atoms. The summed E-state index contributed by atoms with van der Waals surface area (Å²) in [6, 6.07) is 13.2. The highest BCUT2D eigenvalue weighted by atomic mass is 35.5. The smallest absolute Gasteiger partial charge is 0.258 e. The fourth-order valence-electron chi connectivity index (χ4n) is 2.35. The van der Waals surface area contributed by atoms with Crippen LogP contribution in [0.3, 0.4) is 0 Å². The largest absolute Gasteiger partial charge is 0.484 e. The van der Waals surface area contributed by atoms with Gasteiger partial charge in [-0.2, -0.15) is 0 Å². The second-order valence-electron chi connectivity index (χ2n) is 5.43. The van der Waals surface area contributed by atoms with E-state index in [-0.39, 0.29) is 23.4 Å². The van der Waals surface area contributed by atoms with Gasteiger partial charge in [-0.1, -0.05) is 29.8 Å². The number of carbonyl (C=O) groups is 1. The Hall–Kier alpha value is -2.44. The molecule has 134 valence electrons. The van der Waals surface area contributed by atoms with Gasteiger partial charge < -0.3 is 10.1 Å². The van der Waals surface area contributed by atoms with Gasteiger partial charge in [-0.25, -0.2) is 8.78 Å². The van der Waals surface area contributed by atoms with E-state index < -0.39 is 11.9 Å². The minimum absolute atomic E-state index is 0.0781. The number of benzene rings is 2. The first-order valence-corrected chi connectivity index (χ1v) is 8.95. The van der Waals surface area contributed by atoms with Crippen LogP contribution in [0.2, 0.25) is 5.02 Å². The van der Waals surface area contributed by atoms with Crippen LogP contribution in [0.25, 0.3) is 0 Å². The molecule has 1 N–H and O–H groups in total. The van der Waals surface area contributed by atoms with E-state index in [1.165, 1.54) is 41.7 Å². The van der Waals surface area contributed by atoms with Crippen LogP contribution in [0, 0.1) is 11.6 Å². The number of hydrogen-bond acceptors (Lipinski definition) is 3. The molecule has 0 radical (unpaired) electrons. The van der Waals surface area contributed by atoms with E-state index in [1.54, 1.807) is 12.1 Å². The summed E-state index contributed by atoms with van der Waals surface area (Å²) >= 11 is 7.17. The maximum Gasteiger partial charge on any atom is 0.258 e. The molecule has 0 aliphatic rings. The Bertz CT molecular complexity index is 885. The molecule has 1 heterocycles. The normalized spacial score (nSPS) is 11.8. The predicted molar refractivity (Wildman–Crippen MR) is 97.6 cm³/mol. The second kappa shape index (κ2) is 8.29. The Labute approximate surface area is 158 Å². The van der Waals surface area contributed by atoms with Crippen LogP contribution >= 0.6 is 22.9 Å². The Balaban J connectivity index is 1.69. The Morgan fingerprint density at radius 2 is 1.92 bits per heavy atom. The highest BCUT2D eigenvalue weighted by Gasteiger charge is 2.18. The first-order valence-electron chi connectivity index (χ1n) is 7.69. The summed E-state index contributed by atoms with van der Waals surface area (Å²) in [6.45, 7) is -0.259. The summed E-state index contributed by atoms with van der Waals surface area (Å²) < 4.78 is 31.7. The highest BCUT2D eigenvalue weighted by molar-refractivity contribution is 7.10. The van der Waals surface area contributed by atoms with Crippen molar-refractivity contribution in [2.45, 2.75) is 6.04 Å². The Morgan fingerprint density at radius 1 is 1.15 bits per heavy atom. The van der Waals surface area contributed by atoms with Crippen molar-refractivity contribution in [3.63, 3.8) is 0 Å². The third-order valence-electron chi connectivity index (χ3n) is 3.60. The number of rotatable bonds is 6. The van der Waals surface area contributed by atoms with E-state index in [2.05, 4.69) is 5.32 Å². The van der Waals surface area contributed by atoms with E-state index in [0.29, 0.717) is 5.75 Å². The second-order valence-corrected chi connectivity index (χ2v) is 6.82. The summed E-state index contributed by atoms with van der Waals surface area (Å²) in [5.41, 5.74) is 0.757. The van der Waals surface area contributed by atoms with Gasteiger partial charge >= 0.3 is 0 Å². The lowest BCUT2D eigenvalue weighted by molar-refractivity contribution is -0.123. The molecule has 1 amide bonds. The first kappa shape index (κ1) is 18.4. The van der Waals surface area contributed by atoms with Crippen LogP contribution in [-0.4, -0.2) is 12.5 Å². The number of halogens is 3. The lowest BCUT2D eigenvalue weighted by Gasteiger charge is -2.18. The molecule has 26 heavy (non-hydrogen) atoms. The van der Waals surface area contributed by atoms with Gasteiger partial charge in [0, 0.05) is 10.9 Å². The van der Waals surface area contributed by atoms with Crippen molar-refractivity contribution in [3.05, 3.63) is 87.1 Å². The van der Waals surface area contributed by atoms with Gasteiger partial charge in [-0.15, -0.1) is 11.3 Å². The molecule has 1 aromatic heterocycles. The van der Waals surface area contributed by atoms with Gasteiger partial charge in [-0.05, 0) is 41.3 Å². The Morgan fingerprint density at radius 3 is 2.58 bits per heavy atom. The SMILES string of the molecule is O=C(COc1ccc(F)c(Cl)c1)NC(c1ccc(F)cc1)c1cccs1. The molecule has 3 aromatic rings. The lowest BCUT2D eigenvalue weighted by Crippen LogP contribution is -2.32. The Kier molecular flexibility index (Phi) is 5.85. The first-order chi connectivity index (χ1) is 12.5. The zero-order valence-corrected chi connectivity index (χ0v) is 15.0. The number of carbonyl (C=O) groups excluding carboxylic acids is 1. The van der Waals surface area contributed by atoms with Gasteiger partial charge in [0.15, 0.2) is 6.61 Å². The van der Waals surface area contributed by atoms with Gasteiger partial charge in [0.25, 0.3) is 5.91 Å². The molecule has 0 fully saturated rings. The molecule has 2 aromatic carbocycles. The van der Waals surface area contributed by atoms with Gasteiger partial charge in [0.1, 0.15) is 17.4 Å². The van der Waals surface area contributed by atoms with E-state index in [9.17, 15) is 13.6 Å². The quantitative estimate of drug-likeness (QED) is 0.642. The summed E-state index contributed by atoms with van der Waals surface area (Å²) in [6.07, 6.45) is 0. The standard InChI is InChI=1S/C19H14ClF2NO2S/c20-15-10-14(7-8-16(15)22)25-11-18(24)23-19(17-2-1-9-26-17)12-3-5-13(21)6-4-12/h1-10,19H,11H2,(H,23,24). The topological polar surface area (TPSA) is 38.3 Å². The van der Waals surface area contributed by atoms with Crippen LogP contribution in [0.4, 0.5) is 8.78 Å². The monoisotopic (exact) mass is 393 g/mol. The van der Waals surface area contributed by atoms with Crippen LogP contribution in [-0.2, 0) is 4.79 Å². The average Bonchev–Trinajstić information content (AvgIpc) is 3.16. The summed E-state index contributed by atoms with van der Waals surface area (Å²) in [5, 5.41) is 4.69. The molecule has 0 aliphatic heterocycles. The van der Waals surface area contributed by atoms with Gasteiger partial charge in [0.05, 0.1) is 11.1 Å². The van der Waals surface area contributed by atoms with E-state index in [0.717, 1.165) is 10.4 Å². The molecule has 0 aliphatic carbocycles. The van der Waals surface area contributed by atoms with Crippen molar-refractivity contribution in [2.75, 3.05) is 6.61 Å². The molecular weight excluding hydrogens is 380 g/mol. The number of amides is 1. The molecule has 0 saturated heterocycles. The number of thiophene rings is 1. The molecule has 3 rings (SSSR count). The van der Waals surface area contributed by atoms with Crippen LogP contribution in [0.1, 0.15) is 16.5 Å². The van der Waals surface area contributed by atoms with Crippen molar-refractivity contribution in [3.8, 4) is 5.75 Å². The van der Waals surface area contributed by atoms with Crippen molar-refractivity contribution in [1.29, 1.82) is 0 Å². The fourth-order valence-corrected chi connectivity index (χ4v) is 3.32. The van der Waals surface area contributed by atoms with E-state index in [1.807, 2.05) is 17.5 Å². The van der Waals surface area contributed by atoms with Gasteiger partial charge in [0.2, 0.25) is 0 Å². The molecule has 3 nitrogen and oxygen atoms in total. The number of nitrogens with one attached hydrogen (secondary N) is 1. The van der Waals surface area contributed by atoms with E-state index >= 15 is 0 Å². The van der Waals surface area contributed by atoms with Crippen LogP contribution in [0.5, 0.6) is 5.75 Å². The van der Waals surface area contributed by atoms with E-state index in [4.69, 9.17) is 16.3 Å². The van der Waals surface area contributed by atoms with Crippen molar-refractivity contribution in [2.24, 2.45) is 0 Å². The third-order valence-corrected chi connectivity index (χ3v) is 4.82. The average molecular weight is 394 g/mol. The van der Waals surface area contributed by atoms with Crippen LogP contribution < -0.4 is 10.1 Å². The molecule has 7 heteroatoms. The molecule has 1 unspecified atom stereocenters. The molecule has 0 saturated carbocycles. The van der Waals surface area contributed by atoms with Crippen molar-refractivity contribution < 1.29 is 18.3 Å². The van der Waals surface area contributed by atoms with Crippen molar-refractivity contribution in [1.82, 2.24) is 5.32 Å². The summed E-state index contributed by atoms with van der Waals surface area (Å²) in [5.74, 6) is -0.978. The molecular formula is C19H14ClF2NO2S. The highest BCUT2D eigenvalue weighted by Crippen LogP contribution is 2.26. The zero-order valence-electron chi connectivity index (χ0n) is 13.4. The predicted octanol–water partition coefficient (Wildman–Crippen LogP) is 4.96. The molecule has 0 bridgehead atoms. The van der Waals surface area contributed by atoms with Gasteiger partial charge in [-0.3, -0.25) is 4.79 Å². The lowest BCUT2D eigenvalue weighted by atomic mass is 10.1. The summed E-state index contributed by atoms with van der Waals surface area (Å²) in [4.78, 5) is 13.2. The van der Waals surface area contributed by atoms with Crippen LogP contribution in [0.15, 0.2) is 60.0 Å². The number of hydrogen-bond donors (Lipinski definition) is 1. The maximum atomic E-state index is 13.2. The number of ether oxygens (including phenoxy) is 1. The minimum atomic E-state index is -0.558. The zero-order chi connectivity index (χ0) is 18.5.